The SMILES string of the molecule is COc1cc(OC)cc([C@H]2N3CCN=C3[C@@]2(C)c2ccccc2)c1. The first-order valence-electron chi connectivity index (χ1n) is 8.28. The van der Waals surface area contributed by atoms with Crippen molar-refractivity contribution >= 4 is 5.84 Å². The molecule has 2 aromatic rings. The van der Waals surface area contributed by atoms with Gasteiger partial charge in [0.25, 0.3) is 0 Å². The van der Waals surface area contributed by atoms with E-state index in [0.29, 0.717) is 0 Å². The summed E-state index contributed by atoms with van der Waals surface area (Å²) >= 11 is 0. The van der Waals surface area contributed by atoms with Crippen LogP contribution in [0.5, 0.6) is 11.5 Å². The fourth-order valence-electron chi connectivity index (χ4n) is 4.11. The van der Waals surface area contributed by atoms with Gasteiger partial charge in [0.05, 0.1) is 32.2 Å². The van der Waals surface area contributed by atoms with Gasteiger partial charge in [-0.3, -0.25) is 4.99 Å². The largest absolute Gasteiger partial charge is 0.497 e. The van der Waals surface area contributed by atoms with Crippen molar-refractivity contribution < 1.29 is 9.47 Å². The number of rotatable bonds is 4. The number of ether oxygens (including phenoxy) is 2. The fourth-order valence-corrected chi connectivity index (χ4v) is 4.11. The number of hydrogen-bond donors (Lipinski definition) is 0. The minimum Gasteiger partial charge on any atom is -0.497 e. The number of methoxy groups -OCH3 is 2. The summed E-state index contributed by atoms with van der Waals surface area (Å²) in [7, 11) is 3.39. The monoisotopic (exact) mass is 322 g/mol. The van der Waals surface area contributed by atoms with Crippen LogP contribution in [-0.4, -0.2) is 38.0 Å². The third-order valence-corrected chi connectivity index (χ3v) is 5.26. The number of nitrogens with zero attached hydrogens (tertiary/aromatic N) is 2. The summed E-state index contributed by atoms with van der Waals surface area (Å²) in [6, 6.07) is 17.0. The van der Waals surface area contributed by atoms with Crippen LogP contribution in [-0.2, 0) is 5.41 Å². The van der Waals surface area contributed by atoms with Crippen LogP contribution < -0.4 is 9.47 Å². The van der Waals surface area contributed by atoms with Crippen molar-refractivity contribution in [1.29, 1.82) is 0 Å². The average molecular weight is 322 g/mol. The quantitative estimate of drug-likeness (QED) is 0.865. The van der Waals surface area contributed by atoms with Crippen LogP contribution in [0.2, 0.25) is 0 Å². The Kier molecular flexibility index (Phi) is 3.48. The van der Waals surface area contributed by atoms with Gasteiger partial charge in [0.1, 0.15) is 17.3 Å². The molecule has 124 valence electrons. The molecule has 0 saturated carbocycles. The molecule has 4 heteroatoms. The average Bonchev–Trinajstić information content (AvgIpc) is 3.06. The Bertz CT molecular complexity index is 765. The van der Waals surface area contributed by atoms with E-state index in [2.05, 4.69) is 54.3 Å². The zero-order valence-electron chi connectivity index (χ0n) is 14.3. The molecule has 4 rings (SSSR count). The first-order valence-corrected chi connectivity index (χ1v) is 8.28. The lowest BCUT2D eigenvalue weighted by molar-refractivity contribution is 0.174. The summed E-state index contributed by atoms with van der Waals surface area (Å²) in [4.78, 5) is 7.18. The van der Waals surface area contributed by atoms with E-state index in [1.807, 2.05) is 6.07 Å². The Morgan fingerprint density at radius 2 is 1.71 bits per heavy atom. The summed E-state index contributed by atoms with van der Waals surface area (Å²) in [6.07, 6.45) is 0. The number of amidine groups is 1. The predicted octanol–water partition coefficient (Wildman–Crippen LogP) is 3.43. The van der Waals surface area contributed by atoms with Crippen LogP contribution in [0.3, 0.4) is 0 Å². The molecule has 0 aromatic heterocycles. The maximum absolute atomic E-state index is 5.47. The highest BCUT2D eigenvalue weighted by molar-refractivity contribution is 6.01. The highest BCUT2D eigenvalue weighted by Crippen LogP contribution is 2.54. The van der Waals surface area contributed by atoms with Crippen LogP contribution in [0.4, 0.5) is 0 Å². The summed E-state index contributed by atoms with van der Waals surface area (Å²) in [5.41, 5.74) is 2.39. The van der Waals surface area contributed by atoms with Crippen LogP contribution in [0, 0.1) is 0 Å². The van der Waals surface area contributed by atoms with Gasteiger partial charge in [0.15, 0.2) is 0 Å². The molecule has 0 spiro atoms. The van der Waals surface area contributed by atoms with Crippen molar-refractivity contribution in [3.63, 3.8) is 0 Å². The van der Waals surface area contributed by atoms with Gasteiger partial charge >= 0.3 is 0 Å². The Balaban J connectivity index is 1.83. The zero-order valence-corrected chi connectivity index (χ0v) is 14.3. The lowest BCUT2D eigenvalue weighted by Gasteiger charge is -2.56. The molecule has 2 aromatic carbocycles. The molecule has 2 aliphatic rings. The Hall–Kier alpha value is -2.49. The number of hydrogen-bond acceptors (Lipinski definition) is 4. The van der Waals surface area contributed by atoms with Gasteiger partial charge in [-0.05, 0) is 30.2 Å². The molecular formula is C20H22N2O2. The summed E-state index contributed by atoms with van der Waals surface area (Å²) in [5.74, 6) is 2.84. The van der Waals surface area contributed by atoms with Crippen molar-refractivity contribution in [2.45, 2.75) is 18.4 Å². The third-order valence-electron chi connectivity index (χ3n) is 5.26. The van der Waals surface area contributed by atoms with Gasteiger partial charge in [-0.1, -0.05) is 30.3 Å². The lowest BCUT2D eigenvalue weighted by Crippen LogP contribution is -2.62. The molecular weight excluding hydrogens is 300 g/mol. The van der Waals surface area contributed by atoms with Crippen molar-refractivity contribution in [1.82, 2.24) is 4.90 Å². The van der Waals surface area contributed by atoms with Gasteiger partial charge in [-0.2, -0.15) is 0 Å². The molecule has 2 atom stereocenters. The number of fused-ring (bicyclic) bond motifs is 1. The summed E-state index contributed by atoms with van der Waals surface area (Å²) in [6.45, 7) is 4.14. The van der Waals surface area contributed by atoms with Crippen molar-refractivity contribution in [2.75, 3.05) is 27.3 Å². The van der Waals surface area contributed by atoms with Crippen molar-refractivity contribution in [2.24, 2.45) is 4.99 Å². The highest BCUT2D eigenvalue weighted by Gasteiger charge is 2.57. The normalized spacial score (nSPS) is 24.9. The first-order chi connectivity index (χ1) is 11.7. The maximum atomic E-state index is 5.47. The van der Waals surface area contributed by atoms with Crippen LogP contribution >= 0.6 is 0 Å². The second-order valence-corrected chi connectivity index (χ2v) is 6.52. The minimum absolute atomic E-state index is 0.116. The van der Waals surface area contributed by atoms with E-state index < -0.39 is 0 Å². The van der Waals surface area contributed by atoms with E-state index in [0.717, 1.165) is 24.6 Å². The molecule has 0 N–H and O–H groups in total. The fraction of sp³-hybridized carbons (Fsp3) is 0.350. The van der Waals surface area contributed by atoms with Crippen molar-refractivity contribution in [3.05, 3.63) is 59.7 Å². The van der Waals surface area contributed by atoms with Gasteiger partial charge in [0.2, 0.25) is 0 Å². The molecule has 0 unspecified atom stereocenters. The molecule has 4 nitrogen and oxygen atoms in total. The molecule has 0 radical (unpaired) electrons. The zero-order chi connectivity index (χ0) is 16.7. The third kappa shape index (κ3) is 2.02. The molecule has 24 heavy (non-hydrogen) atoms. The Morgan fingerprint density at radius 3 is 2.33 bits per heavy atom. The molecule has 1 fully saturated rings. The Labute approximate surface area is 142 Å². The smallest absolute Gasteiger partial charge is 0.122 e. The number of benzene rings is 2. The second-order valence-electron chi connectivity index (χ2n) is 6.52. The van der Waals surface area contributed by atoms with E-state index in [9.17, 15) is 0 Å². The minimum atomic E-state index is -0.116. The van der Waals surface area contributed by atoms with E-state index in [4.69, 9.17) is 14.5 Å². The van der Waals surface area contributed by atoms with E-state index >= 15 is 0 Å². The highest BCUT2D eigenvalue weighted by atomic mass is 16.5. The van der Waals surface area contributed by atoms with Crippen molar-refractivity contribution in [3.8, 4) is 11.5 Å². The van der Waals surface area contributed by atoms with E-state index in [1.54, 1.807) is 14.2 Å². The standard InChI is InChI=1S/C20H22N2O2/c1-20(15-7-5-4-6-8-15)18(22-10-9-21-19(20)22)14-11-16(23-2)13-17(12-14)24-3/h4-8,11-13,18H,9-10H2,1-3H3/t18-,20+/m1/s1. The topological polar surface area (TPSA) is 34.1 Å². The van der Waals surface area contributed by atoms with Crippen LogP contribution in [0.15, 0.2) is 53.5 Å². The van der Waals surface area contributed by atoms with Crippen LogP contribution in [0.1, 0.15) is 24.1 Å². The molecule has 0 aliphatic carbocycles. The molecule has 2 aliphatic heterocycles. The van der Waals surface area contributed by atoms with Gasteiger partial charge < -0.3 is 14.4 Å². The Morgan fingerprint density at radius 1 is 1.04 bits per heavy atom. The number of aliphatic imine (C=N–C) groups is 1. The van der Waals surface area contributed by atoms with Gasteiger partial charge in [-0.15, -0.1) is 0 Å². The van der Waals surface area contributed by atoms with Gasteiger partial charge in [-0.25, -0.2) is 0 Å². The molecule has 0 amide bonds. The lowest BCUT2D eigenvalue weighted by atomic mass is 9.65. The first kappa shape index (κ1) is 15.1. The second kappa shape index (κ2) is 5.55. The molecule has 0 bridgehead atoms. The van der Waals surface area contributed by atoms with Crippen LogP contribution in [0.25, 0.3) is 0 Å². The molecule has 1 saturated heterocycles. The predicted molar refractivity (Wildman–Crippen MR) is 95.1 cm³/mol. The molecule has 2 heterocycles. The van der Waals surface area contributed by atoms with E-state index in [1.165, 1.54) is 17.0 Å². The maximum Gasteiger partial charge on any atom is 0.122 e. The van der Waals surface area contributed by atoms with Gasteiger partial charge in [0, 0.05) is 12.6 Å². The van der Waals surface area contributed by atoms with E-state index in [-0.39, 0.29) is 11.5 Å². The summed E-state index contributed by atoms with van der Waals surface area (Å²) in [5, 5.41) is 0. The summed E-state index contributed by atoms with van der Waals surface area (Å²) < 4.78 is 10.9.